The Kier molecular flexibility index (Phi) is 41.7. The summed E-state index contributed by atoms with van der Waals surface area (Å²) >= 11 is 0. The molecule has 0 N–H and O–H groups in total. The van der Waals surface area contributed by atoms with E-state index >= 15 is 0 Å². The van der Waals surface area contributed by atoms with Gasteiger partial charge >= 0.3 is 88.7 Å². The minimum atomic E-state index is -4.48. The molecule has 0 aromatic heterocycles. The molecule has 0 atom stereocenters. The van der Waals surface area contributed by atoms with Crippen LogP contribution in [0.25, 0.3) is 0 Å². The predicted octanol–water partition coefficient (Wildman–Crippen LogP) is -8.60. The number of hydrogen-bond acceptors (Lipinski definition) is 4. The maximum Gasteiger partial charge on any atom is 1.00 e. The summed E-state index contributed by atoms with van der Waals surface area (Å²) in [5.41, 5.74) is 0. The number of unbranched alkanes of at least 4 members (excludes halogenated alkanes) is 9. The van der Waals surface area contributed by atoms with Gasteiger partial charge < -0.3 is 9.26 Å². The molecule has 0 aromatic carbocycles. The maximum atomic E-state index is 10.1. The monoisotopic (exact) mass is 353 g/mol. The molecule has 0 spiro atoms. The average Bonchev–Trinajstić information content (AvgIpc) is 2.24. The van der Waals surface area contributed by atoms with Crippen LogP contribution in [0.5, 0.6) is 0 Å². The van der Waals surface area contributed by atoms with Crippen LogP contribution in [0.15, 0.2) is 0 Å². The molecule has 21 heavy (non-hydrogen) atoms. The van der Waals surface area contributed by atoms with Crippen molar-refractivity contribution in [3.63, 3.8) is 0 Å². The van der Waals surface area contributed by atoms with E-state index in [9.17, 15) is 13.0 Å². The van der Waals surface area contributed by atoms with Gasteiger partial charge in [-0.15, -0.1) is 0 Å². The molecular weight excluding hydrogens is 328 g/mol. The molecule has 0 amide bonds. The summed E-state index contributed by atoms with van der Waals surface area (Å²) in [6, 6.07) is 0. The van der Waals surface area contributed by atoms with Crippen LogP contribution in [-0.2, 0) is 14.6 Å². The third kappa shape index (κ3) is 34.9. The Morgan fingerprint density at radius 1 is 0.762 bits per heavy atom. The van der Waals surface area contributed by atoms with Crippen molar-refractivity contribution in [3.8, 4) is 0 Å². The molecule has 0 aromatic rings. The second-order valence-electron chi connectivity index (χ2n) is 4.41. The summed E-state index contributed by atoms with van der Waals surface area (Å²) in [6.07, 6.45) is 11.7. The van der Waals surface area contributed by atoms with E-state index in [1.807, 2.05) is 0 Å². The third-order valence-corrected chi connectivity index (χ3v) is 3.18. The van der Waals surface area contributed by atoms with E-state index in [4.69, 9.17) is 0 Å². The first kappa shape index (κ1) is 35.0. The molecule has 9 heteroatoms. The number of halogens is 1. The molecule has 0 aliphatic carbocycles. The summed E-state index contributed by atoms with van der Waals surface area (Å²) in [6.45, 7) is 2.24. The van der Waals surface area contributed by atoms with Crippen LogP contribution in [0, 0.1) is 0 Å². The van der Waals surface area contributed by atoms with E-state index < -0.39 is 10.4 Å². The smallest absolute Gasteiger partial charge is 1.00 e. The van der Waals surface area contributed by atoms with Crippen molar-refractivity contribution in [3.05, 3.63) is 0 Å². The molecular formula is C12H25FNa3O4S+. The molecule has 0 aliphatic rings. The first-order valence-electron chi connectivity index (χ1n) is 6.66. The van der Waals surface area contributed by atoms with Gasteiger partial charge in [-0.25, -0.2) is 8.42 Å². The third-order valence-electron chi connectivity index (χ3n) is 2.73. The zero-order chi connectivity index (χ0) is 13.0. The van der Waals surface area contributed by atoms with Gasteiger partial charge in [-0.2, -0.15) is 0 Å². The van der Waals surface area contributed by atoms with Gasteiger partial charge in [0.25, 0.3) is 0 Å². The molecule has 0 radical (unpaired) electrons. The van der Waals surface area contributed by atoms with Crippen LogP contribution < -0.4 is 93.4 Å². The van der Waals surface area contributed by atoms with Gasteiger partial charge in [-0.3, -0.25) is 4.18 Å². The molecule has 0 bridgehead atoms. The van der Waals surface area contributed by atoms with Crippen LogP contribution in [0.1, 0.15) is 71.1 Å². The van der Waals surface area contributed by atoms with E-state index in [0.717, 1.165) is 12.8 Å². The fourth-order valence-electron chi connectivity index (χ4n) is 1.75. The second-order valence-corrected chi connectivity index (χ2v) is 5.46. The SMILES string of the molecule is CCCCCCCCCCCCOS(=O)(=O)[O-].[F-].[Na+].[Na+].[Na+]. The Labute approximate surface area is 196 Å². The summed E-state index contributed by atoms with van der Waals surface area (Å²) in [4.78, 5) is 0. The minimum absolute atomic E-state index is 0. The van der Waals surface area contributed by atoms with E-state index in [1.54, 1.807) is 0 Å². The van der Waals surface area contributed by atoms with Crippen molar-refractivity contribution in [2.45, 2.75) is 71.1 Å². The first-order valence-corrected chi connectivity index (χ1v) is 8.00. The molecule has 0 aliphatic heterocycles. The van der Waals surface area contributed by atoms with E-state index in [0.29, 0.717) is 6.42 Å². The summed E-state index contributed by atoms with van der Waals surface area (Å²) in [5.74, 6) is 0. The van der Waals surface area contributed by atoms with E-state index in [2.05, 4.69) is 11.1 Å². The molecule has 0 fully saturated rings. The minimum Gasteiger partial charge on any atom is -1.00 e. The van der Waals surface area contributed by atoms with Gasteiger partial charge in [-0.1, -0.05) is 64.7 Å². The Morgan fingerprint density at radius 3 is 1.43 bits per heavy atom. The van der Waals surface area contributed by atoms with Crippen molar-refractivity contribution in [2.75, 3.05) is 6.61 Å². The fraction of sp³-hybridized carbons (Fsp3) is 1.00. The van der Waals surface area contributed by atoms with Crippen molar-refractivity contribution in [1.29, 1.82) is 0 Å². The second kappa shape index (κ2) is 25.0. The summed E-state index contributed by atoms with van der Waals surface area (Å²) in [7, 11) is -4.48. The van der Waals surface area contributed by atoms with Crippen LogP contribution in [0.3, 0.4) is 0 Å². The normalized spacial score (nSPS) is 9.62. The van der Waals surface area contributed by atoms with Gasteiger partial charge in [0.1, 0.15) is 0 Å². The first-order chi connectivity index (χ1) is 8.06. The van der Waals surface area contributed by atoms with Gasteiger partial charge in [0.05, 0.1) is 6.61 Å². The Balaban J connectivity index is -0.000000213. The maximum absolute atomic E-state index is 10.1. The Bertz CT molecular complexity index is 267. The Hall–Kier alpha value is 2.80. The molecule has 0 unspecified atom stereocenters. The van der Waals surface area contributed by atoms with Crippen molar-refractivity contribution >= 4 is 10.4 Å². The van der Waals surface area contributed by atoms with Crippen molar-refractivity contribution < 1.29 is 111 Å². The van der Waals surface area contributed by atoms with Gasteiger partial charge in [0, 0.05) is 0 Å². The average molecular weight is 353 g/mol. The van der Waals surface area contributed by atoms with Crippen LogP contribution >= 0.6 is 0 Å². The molecule has 4 nitrogen and oxygen atoms in total. The van der Waals surface area contributed by atoms with Crippen molar-refractivity contribution in [2.24, 2.45) is 0 Å². The largest absolute Gasteiger partial charge is 1.00 e. The summed E-state index contributed by atoms with van der Waals surface area (Å²) in [5, 5.41) is 0. The quantitative estimate of drug-likeness (QED) is 0.151. The van der Waals surface area contributed by atoms with E-state index in [1.165, 1.54) is 44.9 Å². The molecule has 0 heterocycles. The standard InChI is InChI=1S/C12H26O4S.FH.3Na/c1-2-3-4-5-6-7-8-9-10-11-12-16-17(13,14)15;;;;/h2-12H2,1H3,(H,13,14,15);1H;;;/q;;3*+1/p-2. The molecule has 112 valence electrons. The summed E-state index contributed by atoms with van der Waals surface area (Å²) < 4.78 is 34.5. The van der Waals surface area contributed by atoms with E-state index in [-0.39, 0.29) is 100.0 Å². The number of rotatable bonds is 12. The van der Waals surface area contributed by atoms with Crippen molar-refractivity contribution in [1.82, 2.24) is 0 Å². The van der Waals surface area contributed by atoms with Gasteiger partial charge in [0.15, 0.2) is 0 Å². The Morgan fingerprint density at radius 2 is 1.10 bits per heavy atom. The molecule has 0 saturated carbocycles. The zero-order valence-corrected chi connectivity index (χ0v) is 21.0. The fourth-order valence-corrected chi connectivity index (χ4v) is 2.07. The number of hydrogen-bond donors (Lipinski definition) is 0. The molecule has 0 saturated heterocycles. The zero-order valence-electron chi connectivity index (χ0n) is 14.2. The van der Waals surface area contributed by atoms with Gasteiger partial charge in [-0.05, 0) is 6.42 Å². The van der Waals surface area contributed by atoms with Crippen LogP contribution in [0.4, 0.5) is 0 Å². The van der Waals surface area contributed by atoms with Crippen LogP contribution in [0.2, 0.25) is 0 Å². The predicted molar refractivity (Wildman–Crippen MR) is 67.5 cm³/mol. The molecule has 0 rings (SSSR count). The van der Waals surface area contributed by atoms with Crippen LogP contribution in [-0.4, -0.2) is 19.6 Å². The topological polar surface area (TPSA) is 66.4 Å². The van der Waals surface area contributed by atoms with Gasteiger partial charge in [0.2, 0.25) is 10.4 Å².